The zero-order chi connectivity index (χ0) is 23.7. The van der Waals surface area contributed by atoms with Gasteiger partial charge in [-0.25, -0.2) is 9.48 Å². The van der Waals surface area contributed by atoms with E-state index in [1.54, 1.807) is 53.3 Å². The fraction of sp³-hybridized carbons (Fsp3) is 0.0370. The van der Waals surface area contributed by atoms with Gasteiger partial charge in [-0.1, -0.05) is 36.4 Å². The van der Waals surface area contributed by atoms with Crippen LogP contribution in [0.4, 0.5) is 5.69 Å². The van der Waals surface area contributed by atoms with Crippen molar-refractivity contribution >= 4 is 28.3 Å². The van der Waals surface area contributed by atoms with Crippen molar-refractivity contribution in [1.82, 2.24) is 9.78 Å². The molecule has 0 saturated heterocycles. The number of hydrogen-bond acceptors (Lipinski definition) is 5. The number of Topliss-reactive ketones (excluding diaryl/α,β-unsaturated/α-hetero) is 1. The van der Waals surface area contributed by atoms with Crippen molar-refractivity contribution in [3.05, 3.63) is 113 Å². The zero-order valence-electron chi connectivity index (χ0n) is 18.2. The maximum Gasteiger partial charge on any atom is 0.345 e. The Morgan fingerprint density at radius 1 is 0.912 bits per heavy atom. The molecule has 0 bridgehead atoms. The molecule has 0 fully saturated rings. The first-order chi connectivity index (χ1) is 16.5. The number of carbonyl (C=O) groups excluding carboxylic acids is 2. The minimum absolute atomic E-state index is 0.0627. The highest BCUT2D eigenvalue weighted by Gasteiger charge is 2.22. The van der Waals surface area contributed by atoms with Gasteiger partial charge >= 0.3 is 5.63 Å². The smallest absolute Gasteiger partial charge is 0.345 e. The predicted octanol–water partition coefficient (Wildman–Crippen LogP) is 5.10. The standard InChI is InChI=1S/C27H19N3O4/c1-17(31)18-11-13-20(14-12-18)28-26(32)23-16-30(21-8-3-2-4-9-21)29-25(23)22-15-19-7-5-6-10-24(19)34-27(22)33/h2-16H,1H3,(H,28,32). The van der Waals surface area contributed by atoms with E-state index in [1.807, 2.05) is 42.5 Å². The molecule has 166 valence electrons. The SMILES string of the molecule is CC(=O)c1ccc(NC(=O)c2cn(-c3ccccc3)nc2-c2cc3ccccc3oc2=O)cc1. The summed E-state index contributed by atoms with van der Waals surface area (Å²) in [6, 6.07) is 24.7. The third-order valence-electron chi connectivity index (χ3n) is 5.43. The number of anilines is 1. The summed E-state index contributed by atoms with van der Waals surface area (Å²) in [7, 11) is 0. The Balaban J connectivity index is 1.60. The first-order valence-electron chi connectivity index (χ1n) is 10.6. The molecule has 1 amide bonds. The molecule has 7 heteroatoms. The summed E-state index contributed by atoms with van der Waals surface area (Å²) >= 11 is 0. The fourth-order valence-electron chi connectivity index (χ4n) is 3.67. The van der Waals surface area contributed by atoms with E-state index < -0.39 is 11.5 Å². The lowest BCUT2D eigenvalue weighted by atomic mass is 10.1. The molecule has 2 heterocycles. The number of nitrogens with one attached hydrogen (secondary N) is 1. The van der Waals surface area contributed by atoms with E-state index in [9.17, 15) is 14.4 Å². The van der Waals surface area contributed by atoms with Crippen molar-refractivity contribution in [2.75, 3.05) is 5.32 Å². The van der Waals surface area contributed by atoms with Crippen molar-refractivity contribution in [2.24, 2.45) is 0 Å². The molecule has 0 unspecified atom stereocenters. The van der Waals surface area contributed by atoms with Crippen LogP contribution in [0.25, 0.3) is 27.9 Å². The quantitative estimate of drug-likeness (QED) is 0.298. The number of benzene rings is 3. The highest BCUT2D eigenvalue weighted by atomic mass is 16.4. The highest BCUT2D eigenvalue weighted by Crippen LogP contribution is 2.25. The van der Waals surface area contributed by atoms with Crippen LogP contribution in [-0.2, 0) is 0 Å². The Kier molecular flexibility index (Phi) is 5.35. The van der Waals surface area contributed by atoms with E-state index in [2.05, 4.69) is 10.4 Å². The van der Waals surface area contributed by atoms with Gasteiger partial charge < -0.3 is 9.73 Å². The molecule has 2 aromatic heterocycles. The molecule has 3 aromatic carbocycles. The Bertz CT molecular complexity index is 1580. The molecular formula is C27H19N3O4. The molecule has 0 aliphatic rings. The van der Waals surface area contributed by atoms with Crippen molar-refractivity contribution in [3.8, 4) is 16.9 Å². The molecule has 7 nitrogen and oxygen atoms in total. The lowest BCUT2D eigenvalue weighted by Gasteiger charge is -2.06. The maximum absolute atomic E-state index is 13.3. The summed E-state index contributed by atoms with van der Waals surface area (Å²) in [5.41, 5.74) is 2.27. The molecule has 34 heavy (non-hydrogen) atoms. The first-order valence-corrected chi connectivity index (χ1v) is 10.6. The van der Waals surface area contributed by atoms with E-state index in [0.29, 0.717) is 16.8 Å². The van der Waals surface area contributed by atoms with Crippen molar-refractivity contribution in [2.45, 2.75) is 6.92 Å². The van der Waals surface area contributed by atoms with Crippen molar-refractivity contribution < 1.29 is 14.0 Å². The lowest BCUT2D eigenvalue weighted by Crippen LogP contribution is -2.14. The molecule has 0 saturated carbocycles. The fourth-order valence-corrected chi connectivity index (χ4v) is 3.67. The normalized spacial score (nSPS) is 10.9. The number of amides is 1. The van der Waals surface area contributed by atoms with Crippen LogP contribution in [0.3, 0.4) is 0 Å². The van der Waals surface area contributed by atoms with Gasteiger partial charge in [0.05, 0.1) is 16.8 Å². The molecule has 5 rings (SSSR count). The first kappa shape index (κ1) is 21.1. The van der Waals surface area contributed by atoms with Gasteiger partial charge in [0.2, 0.25) is 0 Å². The number of rotatable bonds is 5. The number of aromatic nitrogens is 2. The lowest BCUT2D eigenvalue weighted by molar-refractivity contribution is 0.101. The number of nitrogens with zero attached hydrogens (tertiary/aromatic N) is 2. The second kappa shape index (κ2) is 8.63. The predicted molar refractivity (Wildman–Crippen MR) is 129 cm³/mol. The van der Waals surface area contributed by atoms with Gasteiger partial charge in [0, 0.05) is 22.8 Å². The zero-order valence-corrected chi connectivity index (χ0v) is 18.2. The molecule has 0 radical (unpaired) electrons. The number of hydrogen-bond donors (Lipinski definition) is 1. The van der Waals surface area contributed by atoms with Gasteiger partial charge in [-0.05, 0) is 55.5 Å². The van der Waals surface area contributed by atoms with Gasteiger partial charge in [0.15, 0.2) is 5.78 Å². The number of ketones is 1. The molecule has 0 aliphatic carbocycles. The van der Waals surface area contributed by atoms with Crippen LogP contribution in [0.1, 0.15) is 27.6 Å². The minimum atomic E-state index is -0.586. The second-order valence-electron chi connectivity index (χ2n) is 7.74. The van der Waals surface area contributed by atoms with Gasteiger partial charge in [0.25, 0.3) is 5.91 Å². The highest BCUT2D eigenvalue weighted by molar-refractivity contribution is 6.08. The van der Waals surface area contributed by atoms with Crippen LogP contribution in [-0.4, -0.2) is 21.5 Å². The van der Waals surface area contributed by atoms with Crippen LogP contribution in [0.2, 0.25) is 0 Å². The van der Waals surface area contributed by atoms with Crippen LogP contribution >= 0.6 is 0 Å². The van der Waals surface area contributed by atoms with E-state index in [4.69, 9.17) is 4.42 Å². The van der Waals surface area contributed by atoms with E-state index >= 15 is 0 Å². The topological polar surface area (TPSA) is 94.2 Å². The Hall–Kier alpha value is -4.78. The largest absolute Gasteiger partial charge is 0.422 e. The summed E-state index contributed by atoms with van der Waals surface area (Å²) in [5, 5.41) is 8.11. The van der Waals surface area contributed by atoms with E-state index in [-0.39, 0.29) is 22.6 Å². The Morgan fingerprint density at radius 3 is 2.35 bits per heavy atom. The van der Waals surface area contributed by atoms with Crippen molar-refractivity contribution in [3.63, 3.8) is 0 Å². The van der Waals surface area contributed by atoms with Crippen molar-refractivity contribution in [1.29, 1.82) is 0 Å². The number of para-hydroxylation sites is 2. The summed E-state index contributed by atoms with van der Waals surface area (Å²) in [6.45, 7) is 1.48. The molecule has 0 atom stereocenters. The number of fused-ring (bicyclic) bond motifs is 1. The third-order valence-corrected chi connectivity index (χ3v) is 5.43. The summed E-state index contributed by atoms with van der Waals surface area (Å²) in [4.78, 5) is 37.6. The summed E-state index contributed by atoms with van der Waals surface area (Å²) in [6.07, 6.45) is 1.58. The van der Waals surface area contributed by atoms with E-state index in [1.165, 1.54) is 6.92 Å². The van der Waals surface area contributed by atoms with Gasteiger partial charge in [-0.15, -0.1) is 0 Å². The summed E-state index contributed by atoms with van der Waals surface area (Å²) in [5.74, 6) is -0.507. The molecular weight excluding hydrogens is 430 g/mol. The monoisotopic (exact) mass is 449 g/mol. The van der Waals surface area contributed by atoms with Crippen LogP contribution in [0, 0.1) is 0 Å². The number of carbonyl (C=O) groups is 2. The third kappa shape index (κ3) is 4.02. The van der Waals surface area contributed by atoms with E-state index in [0.717, 1.165) is 11.1 Å². The van der Waals surface area contributed by atoms with Gasteiger partial charge in [0.1, 0.15) is 11.3 Å². The molecule has 5 aromatic rings. The average Bonchev–Trinajstić information content (AvgIpc) is 3.30. The Labute approximate surface area is 194 Å². The molecule has 1 N–H and O–H groups in total. The second-order valence-corrected chi connectivity index (χ2v) is 7.74. The van der Waals surface area contributed by atoms with Crippen LogP contribution in [0.5, 0.6) is 0 Å². The molecule has 0 spiro atoms. The molecule has 0 aliphatic heterocycles. The van der Waals surface area contributed by atoms with Crippen LogP contribution in [0.15, 0.2) is 100 Å². The van der Waals surface area contributed by atoms with Crippen LogP contribution < -0.4 is 10.9 Å². The minimum Gasteiger partial charge on any atom is -0.422 e. The van der Waals surface area contributed by atoms with Gasteiger partial charge in [-0.3, -0.25) is 9.59 Å². The summed E-state index contributed by atoms with van der Waals surface area (Å²) < 4.78 is 7.04. The van der Waals surface area contributed by atoms with Gasteiger partial charge in [-0.2, -0.15) is 5.10 Å². The average molecular weight is 449 g/mol. The maximum atomic E-state index is 13.3. The Morgan fingerprint density at radius 2 is 1.62 bits per heavy atom.